The molecule has 0 spiro atoms. The Morgan fingerprint density at radius 3 is 2.38 bits per heavy atom. The smallest absolute Gasteiger partial charge is 0.266 e. The lowest BCUT2D eigenvalue weighted by molar-refractivity contribution is 0.0735. The predicted molar refractivity (Wildman–Crippen MR) is 135 cm³/mol. The summed E-state index contributed by atoms with van der Waals surface area (Å²) in [6.07, 6.45) is 0.910. The number of nitrogens with zero attached hydrogens (tertiary/aromatic N) is 3. The number of hydrogen-bond donors (Lipinski definition) is 0. The molecule has 1 amide bonds. The van der Waals surface area contributed by atoms with Gasteiger partial charge in [-0.15, -0.1) is 0 Å². The van der Waals surface area contributed by atoms with E-state index in [1.54, 1.807) is 22.6 Å². The van der Waals surface area contributed by atoms with Crippen LogP contribution < -0.4 is 10.3 Å². The number of rotatable bonds is 7. The van der Waals surface area contributed by atoms with Gasteiger partial charge in [-0.25, -0.2) is 4.98 Å². The number of aromatic nitrogens is 2. The minimum Gasteiger partial charge on any atom is -0.492 e. The summed E-state index contributed by atoms with van der Waals surface area (Å²) < 4.78 is 7.40. The third-order valence-corrected chi connectivity index (χ3v) is 6.09. The van der Waals surface area contributed by atoms with Crippen LogP contribution in [0.3, 0.4) is 0 Å². The molecular weight excluding hydrogens is 426 g/mol. The van der Waals surface area contributed by atoms with E-state index >= 15 is 0 Å². The second-order valence-corrected chi connectivity index (χ2v) is 8.17. The van der Waals surface area contributed by atoms with Crippen molar-refractivity contribution >= 4 is 16.8 Å². The Labute approximate surface area is 199 Å². The highest BCUT2D eigenvalue weighted by molar-refractivity contribution is 5.94. The number of carbonyl (C=O) groups excluding carboxylic acids is 1. The molecule has 0 saturated heterocycles. The molecule has 6 heteroatoms. The highest BCUT2D eigenvalue weighted by Gasteiger charge is 2.26. The number of fused-ring (bicyclic) bond motifs is 1. The largest absolute Gasteiger partial charge is 0.492 e. The van der Waals surface area contributed by atoms with Gasteiger partial charge in [0.05, 0.1) is 29.2 Å². The first-order chi connectivity index (χ1) is 16.5. The molecule has 0 aliphatic carbocycles. The van der Waals surface area contributed by atoms with Crippen molar-refractivity contribution in [3.8, 4) is 11.4 Å². The van der Waals surface area contributed by atoms with Gasteiger partial charge in [0.1, 0.15) is 11.6 Å². The first kappa shape index (κ1) is 23.2. The lowest BCUT2D eigenvalue weighted by atomic mass is 10.1. The lowest BCUT2D eigenvalue weighted by Crippen LogP contribution is -2.35. The molecule has 0 fully saturated rings. The zero-order chi connectivity index (χ0) is 24.2. The van der Waals surface area contributed by atoms with Crippen molar-refractivity contribution in [2.24, 2.45) is 0 Å². The maximum Gasteiger partial charge on any atom is 0.266 e. The van der Waals surface area contributed by atoms with Crippen LogP contribution in [0.2, 0.25) is 0 Å². The molecule has 4 aromatic rings. The molecule has 4 rings (SSSR count). The van der Waals surface area contributed by atoms with Gasteiger partial charge in [0.25, 0.3) is 11.5 Å². The van der Waals surface area contributed by atoms with Crippen LogP contribution in [0.4, 0.5) is 0 Å². The zero-order valence-corrected chi connectivity index (χ0v) is 20.0. The second kappa shape index (κ2) is 9.91. The molecule has 0 N–H and O–H groups in total. The molecular formula is C28H29N3O3. The number of carbonyl (C=O) groups is 1. The van der Waals surface area contributed by atoms with Crippen LogP contribution in [-0.2, 0) is 6.42 Å². The molecule has 0 radical (unpaired) electrons. The van der Waals surface area contributed by atoms with E-state index in [0.29, 0.717) is 40.3 Å². The molecule has 34 heavy (non-hydrogen) atoms. The van der Waals surface area contributed by atoms with Gasteiger partial charge in [-0.3, -0.25) is 14.2 Å². The van der Waals surface area contributed by atoms with Crippen molar-refractivity contribution in [2.45, 2.75) is 33.2 Å². The van der Waals surface area contributed by atoms with Crippen LogP contribution in [0.5, 0.6) is 5.75 Å². The third kappa shape index (κ3) is 4.31. The summed E-state index contributed by atoms with van der Waals surface area (Å²) in [5, 5.41) is 0.508. The van der Waals surface area contributed by atoms with E-state index in [2.05, 4.69) is 6.92 Å². The molecule has 0 aliphatic heterocycles. The number of hydrogen-bond acceptors (Lipinski definition) is 4. The Hall–Kier alpha value is -3.93. The summed E-state index contributed by atoms with van der Waals surface area (Å²) in [5.74, 6) is 0.917. The molecule has 1 atom stereocenters. The van der Waals surface area contributed by atoms with E-state index < -0.39 is 6.04 Å². The SMILES string of the molecule is CCOc1ccccc1-n1c(C(C)N(C)C(=O)c2ccc(CC)cc2)nc2ccccc2c1=O. The van der Waals surface area contributed by atoms with Crippen LogP contribution >= 0.6 is 0 Å². The first-order valence-electron chi connectivity index (χ1n) is 11.6. The monoisotopic (exact) mass is 455 g/mol. The first-order valence-corrected chi connectivity index (χ1v) is 11.6. The fraction of sp³-hybridized carbons (Fsp3) is 0.250. The average Bonchev–Trinajstić information content (AvgIpc) is 2.88. The van der Waals surface area contributed by atoms with Crippen molar-refractivity contribution in [1.82, 2.24) is 14.5 Å². The Bertz CT molecular complexity index is 1380. The maximum absolute atomic E-state index is 13.7. The zero-order valence-electron chi connectivity index (χ0n) is 20.0. The van der Waals surface area contributed by atoms with E-state index in [1.165, 1.54) is 5.56 Å². The van der Waals surface area contributed by atoms with Crippen LogP contribution in [0.25, 0.3) is 16.6 Å². The highest BCUT2D eigenvalue weighted by atomic mass is 16.5. The maximum atomic E-state index is 13.7. The fourth-order valence-corrected chi connectivity index (χ4v) is 4.02. The lowest BCUT2D eigenvalue weighted by Gasteiger charge is -2.27. The van der Waals surface area contributed by atoms with Crippen LogP contribution in [-0.4, -0.2) is 34.0 Å². The molecule has 3 aromatic carbocycles. The molecule has 174 valence electrons. The van der Waals surface area contributed by atoms with Crippen LogP contribution in [0.15, 0.2) is 77.6 Å². The summed E-state index contributed by atoms with van der Waals surface area (Å²) in [6, 6.07) is 21.8. The summed E-state index contributed by atoms with van der Waals surface area (Å²) in [5.41, 5.74) is 2.75. The summed E-state index contributed by atoms with van der Waals surface area (Å²) in [4.78, 5) is 33.5. The number of ether oxygens (including phenoxy) is 1. The number of para-hydroxylation sites is 3. The highest BCUT2D eigenvalue weighted by Crippen LogP contribution is 2.28. The van der Waals surface area contributed by atoms with E-state index in [9.17, 15) is 9.59 Å². The van der Waals surface area contributed by atoms with Crippen LogP contribution in [0.1, 0.15) is 48.6 Å². The van der Waals surface area contributed by atoms with Crippen molar-refractivity contribution in [2.75, 3.05) is 13.7 Å². The number of aryl methyl sites for hydroxylation is 1. The normalized spacial score (nSPS) is 11.9. The van der Waals surface area contributed by atoms with Crippen LogP contribution in [0, 0.1) is 0 Å². The third-order valence-electron chi connectivity index (χ3n) is 6.09. The molecule has 1 unspecified atom stereocenters. The summed E-state index contributed by atoms with van der Waals surface area (Å²) >= 11 is 0. The second-order valence-electron chi connectivity index (χ2n) is 8.17. The van der Waals surface area contributed by atoms with Gasteiger partial charge in [0.2, 0.25) is 0 Å². The molecule has 0 saturated carbocycles. The molecule has 0 aliphatic rings. The van der Waals surface area contributed by atoms with Gasteiger partial charge in [0, 0.05) is 12.6 Å². The minimum absolute atomic E-state index is 0.137. The van der Waals surface area contributed by atoms with E-state index in [0.717, 1.165) is 6.42 Å². The average molecular weight is 456 g/mol. The Balaban J connectivity index is 1.86. The van der Waals surface area contributed by atoms with E-state index in [1.807, 2.05) is 80.6 Å². The minimum atomic E-state index is -0.481. The summed E-state index contributed by atoms with van der Waals surface area (Å²) in [6.45, 7) is 6.33. The standard InChI is InChI=1S/C28H29N3O3/c1-5-20-15-17-21(18-16-20)27(32)30(4)19(3)26-29-23-12-8-7-11-22(23)28(33)31(26)24-13-9-10-14-25(24)34-6-2/h7-19H,5-6H2,1-4H3. The van der Waals surface area contributed by atoms with Crippen molar-refractivity contribution in [3.05, 3.63) is 100 Å². The topological polar surface area (TPSA) is 64.4 Å². The Morgan fingerprint density at radius 1 is 1.00 bits per heavy atom. The van der Waals surface area contributed by atoms with Crippen molar-refractivity contribution in [3.63, 3.8) is 0 Å². The van der Waals surface area contributed by atoms with Gasteiger partial charge in [-0.1, -0.05) is 43.3 Å². The molecule has 0 bridgehead atoms. The molecule has 1 aromatic heterocycles. The van der Waals surface area contributed by atoms with Gasteiger partial charge < -0.3 is 9.64 Å². The molecule has 1 heterocycles. The quantitative estimate of drug-likeness (QED) is 0.385. The van der Waals surface area contributed by atoms with Gasteiger partial charge >= 0.3 is 0 Å². The van der Waals surface area contributed by atoms with Gasteiger partial charge in [0.15, 0.2) is 0 Å². The van der Waals surface area contributed by atoms with Crippen molar-refractivity contribution in [1.29, 1.82) is 0 Å². The van der Waals surface area contributed by atoms with Crippen molar-refractivity contribution < 1.29 is 9.53 Å². The fourth-order valence-electron chi connectivity index (χ4n) is 4.02. The summed E-state index contributed by atoms with van der Waals surface area (Å²) in [7, 11) is 1.74. The van der Waals surface area contributed by atoms with E-state index in [4.69, 9.17) is 9.72 Å². The Morgan fingerprint density at radius 2 is 1.68 bits per heavy atom. The predicted octanol–water partition coefficient (Wildman–Crippen LogP) is 5.18. The number of amides is 1. The van der Waals surface area contributed by atoms with Gasteiger partial charge in [-0.2, -0.15) is 0 Å². The molecule has 6 nitrogen and oxygen atoms in total. The van der Waals surface area contributed by atoms with E-state index in [-0.39, 0.29) is 11.5 Å². The van der Waals surface area contributed by atoms with Gasteiger partial charge in [-0.05, 0) is 62.2 Å². The number of benzene rings is 3. The Kier molecular flexibility index (Phi) is 6.77.